The highest BCUT2D eigenvalue weighted by Gasteiger charge is 2.37. The minimum atomic E-state index is -3.79. The maximum Gasteiger partial charge on any atom is 0.371 e. The number of carbonyl (C=O) groups is 1. The van der Waals surface area contributed by atoms with Crippen molar-refractivity contribution in [2.75, 3.05) is 20.1 Å². The van der Waals surface area contributed by atoms with Crippen LogP contribution < -0.4 is 0 Å². The van der Waals surface area contributed by atoms with E-state index in [2.05, 4.69) is 20.8 Å². The van der Waals surface area contributed by atoms with Crippen molar-refractivity contribution in [3.8, 4) is 0 Å². The number of rotatable bonds is 3. The van der Waals surface area contributed by atoms with Gasteiger partial charge in [0, 0.05) is 31.2 Å². The highest BCUT2D eigenvalue weighted by atomic mass is 79.9. The number of sulfonamides is 1. The van der Waals surface area contributed by atoms with Crippen molar-refractivity contribution >= 4 is 31.9 Å². The Labute approximate surface area is 131 Å². The lowest BCUT2D eigenvalue weighted by atomic mass is 10.1. The van der Waals surface area contributed by atoms with Crippen LogP contribution in [0.5, 0.6) is 0 Å². The van der Waals surface area contributed by atoms with Crippen LogP contribution in [0.25, 0.3) is 0 Å². The van der Waals surface area contributed by atoms with Gasteiger partial charge in [0.15, 0.2) is 4.67 Å². The van der Waals surface area contributed by atoms with Gasteiger partial charge >= 0.3 is 5.97 Å². The van der Waals surface area contributed by atoms with Gasteiger partial charge in [-0.25, -0.2) is 13.2 Å². The number of piperazine rings is 1. The van der Waals surface area contributed by atoms with Gasteiger partial charge in [-0.05, 0) is 36.8 Å². The summed E-state index contributed by atoms with van der Waals surface area (Å²) >= 11 is 2.98. The van der Waals surface area contributed by atoms with Crippen molar-refractivity contribution in [1.29, 1.82) is 0 Å². The van der Waals surface area contributed by atoms with Gasteiger partial charge in [0.1, 0.15) is 4.90 Å². The molecule has 1 aliphatic rings. The van der Waals surface area contributed by atoms with Crippen molar-refractivity contribution in [3.63, 3.8) is 0 Å². The second-order valence-electron chi connectivity index (χ2n) is 5.24. The van der Waals surface area contributed by atoms with Gasteiger partial charge in [-0.15, -0.1) is 0 Å². The van der Waals surface area contributed by atoms with Gasteiger partial charge in [-0.3, -0.25) is 4.90 Å². The first-order valence-electron chi connectivity index (χ1n) is 6.39. The van der Waals surface area contributed by atoms with E-state index in [1.165, 1.54) is 4.31 Å². The number of furan rings is 1. The van der Waals surface area contributed by atoms with Crippen LogP contribution in [0.2, 0.25) is 0 Å². The zero-order valence-electron chi connectivity index (χ0n) is 11.9. The average Bonchev–Trinajstić information content (AvgIpc) is 2.78. The molecule has 7 nitrogen and oxygen atoms in total. The fourth-order valence-corrected chi connectivity index (χ4v) is 4.83. The summed E-state index contributed by atoms with van der Waals surface area (Å²) in [4.78, 5) is 12.8. The lowest BCUT2D eigenvalue weighted by Crippen LogP contribution is -2.56. The van der Waals surface area contributed by atoms with Gasteiger partial charge in [0.2, 0.25) is 15.8 Å². The molecule has 0 bridgehead atoms. The van der Waals surface area contributed by atoms with E-state index in [4.69, 9.17) is 9.52 Å². The highest BCUT2D eigenvalue weighted by molar-refractivity contribution is 9.10. The Hall–Kier alpha value is -0.900. The molecule has 0 aromatic carbocycles. The third-order valence-electron chi connectivity index (χ3n) is 3.81. The summed E-state index contributed by atoms with van der Waals surface area (Å²) in [6, 6.07) is 1.19. The Kier molecular flexibility index (Phi) is 4.48. The molecule has 1 aliphatic heterocycles. The fraction of sp³-hybridized carbons (Fsp3) is 0.583. The lowest BCUT2D eigenvalue weighted by Gasteiger charge is -2.41. The van der Waals surface area contributed by atoms with E-state index in [0.717, 1.165) is 6.07 Å². The zero-order chi connectivity index (χ0) is 15.9. The maximum absolute atomic E-state index is 12.7. The highest BCUT2D eigenvalue weighted by Crippen LogP contribution is 2.30. The zero-order valence-corrected chi connectivity index (χ0v) is 14.3. The first kappa shape index (κ1) is 16.5. The Morgan fingerprint density at radius 3 is 2.33 bits per heavy atom. The summed E-state index contributed by atoms with van der Waals surface area (Å²) < 4.78 is 31.5. The lowest BCUT2D eigenvalue weighted by molar-refractivity contribution is 0.0661. The summed E-state index contributed by atoms with van der Waals surface area (Å²) in [5.41, 5.74) is 0. The molecule has 1 aromatic rings. The minimum Gasteiger partial charge on any atom is -0.475 e. The molecule has 0 saturated carbocycles. The van der Waals surface area contributed by atoms with E-state index in [-0.39, 0.29) is 21.6 Å². The number of carboxylic acid groups (broad SMARTS) is 1. The summed E-state index contributed by atoms with van der Waals surface area (Å²) in [7, 11) is -1.84. The van der Waals surface area contributed by atoms with Gasteiger partial charge < -0.3 is 9.52 Å². The molecule has 1 saturated heterocycles. The molecule has 0 aliphatic carbocycles. The number of likely N-dealkylation sites (N-methyl/N-ethyl adjacent to an activating group) is 1. The molecule has 118 valence electrons. The van der Waals surface area contributed by atoms with Crippen molar-refractivity contribution in [2.45, 2.75) is 30.8 Å². The van der Waals surface area contributed by atoms with Crippen molar-refractivity contribution in [2.24, 2.45) is 0 Å². The molecule has 1 N–H and O–H groups in total. The molecule has 2 heterocycles. The second kappa shape index (κ2) is 5.71. The molecule has 0 amide bonds. The first-order chi connectivity index (χ1) is 9.64. The monoisotopic (exact) mass is 380 g/mol. The molecule has 21 heavy (non-hydrogen) atoms. The van der Waals surface area contributed by atoms with Gasteiger partial charge in [-0.1, -0.05) is 0 Å². The molecule has 2 unspecified atom stereocenters. The SMILES string of the molecule is CC1CN(S(=O)(=O)c2cc(C(=O)O)oc2Br)CC(C)N1C. The van der Waals surface area contributed by atoms with Crippen molar-refractivity contribution < 1.29 is 22.7 Å². The largest absolute Gasteiger partial charge is 0.475 e. The van der Waals surface area contributed by atoms with Gasteiger partial charge in [0.05, 0.1) is 0 Å². The smallest absolute Gasteiger partial charge is 0.371 e. The first-order valence-corrected chi connectivity index (χ1v) is 8.62. The van der Waals surface area contributed by atoms with E-state index in [0.29, 0.717) is 13.1 Å². The van der Waals surface area contributed by atoms with Crippen LogP contribution in [-0.2, 0) is 10.0 Å². The maximum atomic E-state index is 12.7. The molecule has 2 atom stereocenters. The second-order valence-corrected chi connectivity index (χ2v) is 7.87. The molecule has 1 fully saturated rings. The average molecular weight is 381 g/mol. The Morgan fingerprint density at radius 1 is 1.38 bits per heavy atom. The number of hydrogen-bond donors (Lipinski definition) is 1. The third kappa shape index (κ3) is 3.01. The van der Waals surface area contributed by atoms with Crippen LogP contribution in [0.3, 0.4) is 0 Å². The molecular formula is C12H17BrN2O5S. The molecule has 9 heteroatoms. The van der Waals surface area contributed by atoms with Crippen molar-refractivity contribution in [1.82, 2.24) is 9.21 Å². The summed E-state index contributed by atoms with van der Waals surface area (Å²) in [5.74, 6) is -1.71. The van der Waals surface area contributed by atoms with E-state index >= 15 is 0 Å². The van der Waals surface area contributed by atoms with Crippen LogP contribution in [0.4, 0.5) is 0 Å². The van der Waals surface area contributed by atoms with E-state index in [9.17, 15) is 13.2 Å². The van der Waals surface area contributed by atoms with Crippen LogP contribution in [0, 0.1) is 0 Å². The van der Waals surface area contributed by atoms with Crippen LogP contribution in [0.1, 0.15) is 24.4 Å². The molecule has 0 radical (unpaired) electrons. The third-order valence-corrected chi connectivity index (χ3v) is 6.50. The number of aromatic carboxylic acids is 1. The summed E-state index contributed by atoms with van der Waals surface area (Å²) in [6.07, 6.45) is 0. The molecule has 2 rings (SSSR count). The van der Waals surface area contributed by atoms with Crippen LogP contribution in [-0.4, -0.2) is 60.9 Å². The summed E-state index contributed by atoms with van der Waals surface area (Å²) in [5, 5.41) is 8.89. The molecular weight excluding hydrogens is 364 g/mol. The predicted molar refractivity (Wildman–Crippen MR) is 78.8 cm³/mol. The minimum absolute atomic E-state index is 0.0770. The van der Waals surface area contributed by atoms with Crippen LogP contribution >= 0.6 is 15.9 Å². The normalized spacial score (nSPS) is 25.1. The van der Waals surface area contributed by atoms with Crippen molar-refractivity contribution in [3.05, 3.63) is 16.5 Å². The molecule has 0 spiro atoms. The number of nitrogens with zero attached hydrogens (tertiary/aromatic N) is 2. The van der Waals surface area contributed by atoms with Gasteiger partial charge in [0.25, 0.3) is 0 Å². The Morgan fingerprint density at radius 2 is 1.90 bits per heavy atom. The number of carboxylic acids is 1. The number of hydrogen-bond acceptors (Lipinski definition) is 5. The standard InChI is InChI=1S/C12H17BrN2O5S/c1-7-5-15(6-8(2)14(7)3)21(18,19)10-4-9(12(16)17)20-11(10)13/h4,7-8H,5-6H2,1-3H3,(H,16,17). The summed E-state index contributed by atoms with van der Waals surface area (Å²) in [6.45, 7) is 4.60. The predicted octanol–water partition coefficient (Wildman–Crippen LogP) is 1.45. The quantitative estimate of drug-likeness (QED) is 0.853. The van der Waals surface area contributed by atoms with E-state index in [1.54, 1.807) is 0 Å². The molecule has 1 aromatic heterocycles. The van der Waals surface area contributed by atoms with Gasteiger partial charge in [-0.2, -0.15) is 4.31 Å². The van der Waals surface area contributed by atoms with E-state index in [1.807, 2.05) is 20.9 Å². The fourth-order valence-electron chi connectivity index (χ4n) is 2.32. The topological polar surface area (TPSA) is 91.1 Å². The van der Waals surface area contributed by atoms with E-state index < -0.39 is 21.8 Å². The Balaban J connectivity index is 2.36. The Bertz CT molecular complexity index is 645. The number of halogens is 1. The van der Waals surface area contributed by atoms with Crippen LogP contribution in [0.15, 0.2) is 20.0 Å².